The molecule has 0 unspecified atom stereocenters. The second-order valence-electron chi connectivity index (χ2n) is 8.29. The maximum absolute atomic E-state index is 13.6. The van der Waals surface area contributed by atoms with Gasteiger partial charge in [-0.25, -0.2) is 0 Å². The predicted octanol–water partition coefficient (Wildman–Crippen LogP) is 4.76. The zero-order valence-electron chi connectivity index (χ0n) is 19.8. The second kappa shape index (κ2) is 9.83. The summed E-state index contributed by atoms with van der Waals surface area (Å²) in [5.41, 5.74) is 5.05. The number of carbonyl (C=O) groups is 2. The standard InChI is InChI=1S/C28H28N2O4/c1-18-10-11-24(19(2)14-18)25-26(29-21-15-22(33-3)17-23(16-21)34-4)28(32)30(27(25)31)13-12-20-8-6-5-7-9-20/h5-11,14-17,29H,12-13H2,1-4H3. The number of ether oxygens (including phenoxy) is 2. The van der Waals surface area contributed by atoms with Gasteiger partial charge in [0.25, 0.3) is 11.8 Å². The Balaban J connectivity index is 1.74. The van der Waals surface area contributed by atoms with Crippen LogP contribution in [-0.4, -0.2) is 37.5 Å². The molecule has 3 aromatic rings. The molecule has 174 valence electrons. The largest absolute Gasteiger partial charge is 0.497 e. The number of anilines is 1. The molecule has 6 heteroatoms. The van der Waals surface area contributed by atoms with Gasteiger partial charge in [-0.3, -0.25) is 14.5 Å². The molecule has 0 aliphatic carbocycles. The minimum atomic E-state index is -0.349. The molecule has 4 rings (SSSR count). The van der Waals surface area contributed by atoms with Gasteiger partial charge in [0.15, 0.2) is 0 Å². The molecule has 6 nitrogen and oxygen atoms in total. The van der Waals surface area contributed by atoms with Crippen molar-refractivity contribution in [3.05, 3.63) is 94.7 Å². The van der Waals surface area contributed by atoms with Crippen molar-refractivity contribution in [1.82, 2.24) is 4.90 Å². The fourth-order valence-electron chi connectivity index (χ4n) is 4.15. The van der Waals surface area contributed by atoms with E-state index >= 15 is 0 Å². The molecule has 0 atom stereocenters. The molecule has 0 radical (unpaired) electrons. The van der Waals surface area contributed by atoms with Crippen LogP contribution in [0, 0.1) is 13.8 Å². The summed E-state index contributed by atoms with van der Waals surface area (Å²) < 4.78 is 10.7. The van der Waals surface area contributed by atoms with Crippen molar-refractivity contribution in [3.63, 3.8) is 0 Å². The highest BCUT2D eigenvalue weighted by molar-refractivity contribution is 6.36. The first-order chi connectivity index (χ1) is 16.4. The number of aryl methyl sites for hydroxylation is 2. The topological polar surface area (TPSA) is 67.9 Å². The molecule has 0 aromatic heterocycles. The number of hydrogen-bond acceptors (Lipinski definition) is 5. The van der Waals surface area contributed by atoms with Crippen LogP contribution in [0.4, 0.5) is 5.69 Å². The van der Waals surface area contributed by atoms with Crippen molar-refractivity contribution in [1.29, 1.82) is 0 Å². The summed E-state index contributed by atoms with van der Waals surface area (Å²) in [6.07, 6.45) is 0.582. The van der Waals surface area contributed by atoms with Crippen molar-refractivity contribution in [2.45, 2.75) is 20.3 Å². The lowest BCUT2D eigenvalue weighted by Crippen LogP contribution is -2.34. The number of methoxy groups -OCH3 is 2. The van der Waals surface area contributed by atoms with Gasteiger partial charge in [-0.2, -0.15) is 0 Å². The summed E-state index contributed by atoms with van der Waals surface area (Å²) in [5, 5.41) is 3.20. The maximum Gasteiger partial charge on any atom is 0.278 e. The van der Waals surface area contributed by atoms with E-state index in [0.717, 1.165) is 22.3 Å². The summed E-state index contributed by atoms with van der Waals surface area (Å²) in [7, 11) is 3.13. The summed E-state index contributed by atoms with van der Waals surface area (Å²) >= 11 is 0. The average molecular weight is 457 g/mol. The Hall–Kier alpha value is -4.06. The van der Waals surface area contributed by atoms with Gasteiger partial charge in [0.2, 0.25) is 0 Å². The van der Waals surface area contributed by atoms with E-state index in [0.29, 0.717) is 35.7 Å². The fraction of sp³-hybridized carbons (Fsp3) is 0.214. The number of nitrogens with one attached hydrogen (secondary N) is 1. The molecular formula is C28H28N2O4. The van der Waals surface area contributed by atoms with E-state index in [4.69, 9.17) is 9.47 Å². The van der Waals surface area contributed by atoms with Gasteiger partial charge in [0, 0.05) is 30.4 Å². The predicted molar refractivity (Wildman–Crippen MR) is 133 cm³/mol. The van der Waals surface area contributed by atoms with Gasteiger partial charge in [-0.05, 0) is 37.0 Å². The number of rotatable bonds is 8. The van der Waals surface area contributed by atoms with Gasteiger partial charge in [0.1, 0.15) is 17.2 Å². The van der Waals surface area contributed by atoms with E-state index in [2.05, 4.69) is 5.32 Å². The van der Waals surface area contributed by atoms with E-state index in [1.165, 1.54) is 4.90 Å². The smallest absolute Gasteiger partial charge is 0.278 e. The van der Waals surface area contributed by atoms with Gasteiger partial charge in [0.05, 0.1) is 19.8 Å². The van der Waals surface area contributed by atoms with E-state index in [9.17, 15) is 9.59 Å². The van der Waals surface area contributed by atoms with Gasteiger partial charge in [-0.1, -0.05) is 54.1 Å². The van der Waals surface area contributed by atoms with Crippen LogP contribution in [0.15, 0.2) is 72.4 Å². The van der Waals surface area contributed by atoms with E-state index < -0.39 is 0 Å². The van der Waals surface area contributed by atoms with E-state index in [-0.39, 0.29) is 17.5 Å². The summed E-state index contributed by atoms with van der Waals surface area (Å²) in [5.74, 6) is 0.504. The molecule has 34 heavy (non-hydrogen) atoms. The molecule has 3 aromatic carbocycles. The highest BCUT2D eigenvalue weighted by Crippen LogP contribution is 2.34. The molecule has 2 amide bonds. The first-order valence-corrected chi connectivity index (χ1v) is 11.1. The molecular weight excluding hydrogens is 428 g/mol. The van der Waals surface area contributed by atoms with E-state index in [1.807, 2.05) is 62.4 Å². The molecule has 0 saturated carbocycles. The lowest BCUT2D eigenvalue weighted by atomic mass is 9.97. The van der Waals surface area contributed by atoms with Crippen molar-refractivity contribution < 1.29 is 19.1 Å². The van der Waals surface area contributed by atoms with Crippen LogP contribution in [0.1, 0.15) is 22.3 Å². The Morgan fingerprint density at radius 1 is 0.824 bits per heavy atom. The van der Waals surface area contributed by atoms with Crippen molar-refractivity contribution in [3.8, 4) is 11.5 Å². The highest BCUT2D eigenvalue weighted by Gasteiger charge is 2.39. The molecule has 1 aliphatic heterocycles. The van der Waals surface area contributed by atoms with Crippen molar-refractivity contribution in [2.24, 2.45) is 0 Å². The van der Waals surface area contributed by atoms with Crippen LogP contribution in [0.25, 0.3) is 5.57 Å². The third-order valence-corrected chi connectivity index (χ3v) is 5.91. The zero-order valence-corrected chi connectivity index (χ0v) is 19.8. The normalized spacial score (nSPS) is 13.5. The van der Waals surface area contributed by atoms with Gasteiger partial charge >= 0.3 is 0 Å². The summed E-state index contributed by atoms with van der Waals surface area (Å²) in [6, 6.07) is 21.0. The molecule has 0 fully saturated rings. The highest BCUT2D eigenvalue weighted by atomic mass is 16.5. The van der Waals surface area contributed by atoms with Gasteiger partial charge in [-0.15, -0.1) is 0 Å². The van der Waals surface area contributed by atoms with Crippen LogP contribution in [-0.2, 0) is 16.0 Å². The molecule has 1 N–H and O–H groups in total. The second-order valence-corrected chi connectivity index (χ2v) is 8.29. The average Bonchev–Trinajstić information content (AvgIpc) is 3.07. The minimum Gasteiger partial charge on any atom is -0.497 e. The minimum absolute atomic E-state index is 0.250. The van der Waals surface area contributed by atoms with Gasteiger partial charge < -0.3 is 14.8 Å². The molecule has 0 bridgehead atoms. The molecule has 0 spiro atoms. The monoisotopic (exact) mass is 456 g/mol. The zero-order chi connectivity index (χ0) is 24.2. The Kier molecular flexibility index (Phi) is 6.68. The molecule has 1 aliphatic rings. The fourth-order valence-corrected chi connectivity index (χ4v) is 4.15. The molecule has 0 saturated heterocycles. The number of carbonyl (C=O) groups excluding carboxylic acids is 2. The first-order valence-electron chi connectivity index (χ1n) is 11.1. The lowest BCUT2D eigenvalue weighted by molar-refractivity contribution is -0.136. The number of imide groups is 1. The van der Waals surface area contributed by atoms with Crippen molar-refractivity contribution >= 4 is 23.1 Å². The third kappa shape index (κ3) is 4.66. The Morgan fingerprint density at radius 3 is 2.12 bits per heavy atom. The van der Waals surface area contributed by atoms with Crippen LogP contribution in [0.3, 0.4) is 0 Å². The van der Waals surface area contributed by atoms with Crippen LogP contribution < -0.4 is 14.8 Å². The number of amides is 2. The Bertz CT molecular complexity index is 1240. The summed E-state index contributed by atoms with van der Waals surface area (Å²) in [4.78, 5) is 28.4. The maximum atomic E-state index is 13.6. The van der Waals surface area contributed by atoms with E-state index in [1.54, 1.807) is 32.4 Å². The Labute approximate surface area is 199 Å². The summed E-state index contributed by atoms with van der Waals surface area (Å²) in [6.45, 7) is 4.25. The van der Waals surface area contributed by atoms with Crippen molar-refractivity contribution in [2.75, 3.05) is 26.1 Å². The van der Waals surface area contributed by atoms with Crippen LogP contribution >= 0.6 is 0 Å². The first kappa shape index (κ1) is 23.1. The van der Waals surface area contributed by atoms with Crippen LogP contribution in [0.5, 0.6) is 11.5 Å². The third-order valence-electron chi connectivity index (χ3n) is 5.91. The molecule has 1 heterocycles. The Morgan fingerprint density at radius 2 is 1.50 bits per heavy atom. The number of nitrogens with zero attached hydrogens (tertiary/aromatic N) is 1. The number of hydrogen-bond donors (Lipinski definition) is 1. The van der Waals surface area contributed by atoms with Crippen LogP contribution in [0.2, 0.25) is 0 Å². The number of benzene rings is 3. The lowest BCUT2D eigenvalue weighted by Gasteiger charge is -2.16. The SMILES string of the molecule is COc1cc(NC2=C(c3ccc(C)cc3C)C(=O)N(CCc3ccccc3)C2=O)cc(OC)c1. The quantitative estimate of drug-likeness (QED) is 0.495.